The van der Waals surface area contributed by atoms with Gasteiger partial charge < -0.3 is 18.9 Å². The van der Waals surface area contributed by atoms with Crippen LogP contribution in [-0.2, 0) is 19.1 Å². The fourth-order valence-corrected chi connectivity index (χ4v) is 7.42. The highest BCUT2D eigenvalue weighted by Gasteiger charge is 2.33. The maximum atomic E-state index is 14.0. The maximum absolute atomic E-state index is 14.0. The van der Waals surface area contributed by atoms with Gasteiger partial charge in [0.2, 0.25) is 0 Å². The Kier molecular flexibility index (Phi) is 10.6. The normalized spacial score (nSPS) is 14.8. The van der Waals surface area contributed by atoms with Crippen molar-refractivity contribution in [3.8, 4) is 11.5 Å². The minimum absolute atomic E-state index is 0.190. The van der Waals surface area contributed by atoms with Crippen LogP contribution in [0.25, 0.3) is 6.08 Å². The smallest absolute Gasteiger partial charge is 0.344 e. The van der Waals surface area contributed by atoms with Crippen molar-refractivity contribution in [3.63, 3.8) is 0 Å². The standard InChI is InChI=1S/C29H28I2N2O7S/c1-5-37-20-10-8-17(9-11-20)25-24(28(36)39-7-3)16(4)32-29-33(25)27(35)22(41-29)13-18-12-19(30)14-21(31)26(18)40-15-23(34)38-6-2/h8-14,25H,5-7,15H2,1-4H3/b22-13-/t25-/m0/s1. The van der Waals surface area contributed by atoms with Gasteiger partial charge in [0.25, 0.3) is 5.56 Å². The molecule has 41 heavy (non-hydrogen) atoms. The second-order valence-corrected chi connectivity index (χ2v) is 12.1. The van der Waals surface area contributed by atoms with Crippen LogP contribution in [0.1, 0.15) is 44.9 Å². The molecule has 0 spiro atoms. The number of nitrogens with zero attached hydrogens (tertiary/aromatic N) is 2. The lowest BCUT2D eigenvalue weighted by atomic mass is 9.96. The van der Waals surface area contributed by atoms with Crippen LogP contribution in [0.3, 0.4) is 0 Å². The predicted molar refractivity (Wildman–Crippen MR) is 172 cm³/mol. The summed E-state index contributed by atoms with van der Waals surface area (Å²) in [5, 5.41) is 0. The predicted octanol–water partition coefficient (Wildman–Crippen LogP) is 4.35. The summed E-state index contributed by atoms with van der Waals surface area (Å²) >= 11 is 5.55. The van der Waals surface area contributed by atoms with E-state index in [9.17, 15) is 14.4 Å². The highest BCUT2D eigenvalue weighted by atomic mass is 127. The number of carbonyl (C=O) groups is 2. The fraction of sp³-hybridized carbons (Fsp3) is 0.310. The van der Waals surface area contributed by atoms with Gasteiger partial charge >= 0.3 is 11.9 Å². The minimum Gasteiger partial charge on any atom is -0.494 e. The van der Waals surface area contributed by atoms with Crippen LogP contribution in [-0.4, -0.2) is 42.9 Å². The van der Waals surface area contributed by atoms with Gasteiger partial charge in [0, 0.05) is 9.13 Å². The zero-order valence-electron chi connectivity index (χ0n) is 22.9. The van der Waals surface area contributed by atoms with Gasteiger partial charge in [-0.05, 0) is 109 Å². The van der Waals surface area contributed by atoms with Gasteiger partial charge in [0.1, 0.15) is 11.5 Å². The third-order valence-electron chi connectivity index (χ3n) is 5.99. The number of ether oxygens (including phenoxy) is 4. The monoisotopic (exact) mass is 802 g/mol. The van der Waals surface area contributed by atoms with Crippen molar-refractivity contribution < 1.29 is 28.5 Å². The summed E-state index contributed by atoms with van der Waals surface area (Å²) < 4.78 is 25.4. The van der Waals surface area contributed by atoms with Crippen molar-refractivity contribution in [2.45, 2.75) is 33.7 Å². The van der Waals surface area contributed by atoms with Gasteiger partial charge in [0.05, 0.1) is 45.2 Å². The Hall–Kier alpha value is -2.72. The molecule has 0 fully saturated rings. The number of halogens is 2. The van der Waals surface area contributed by atoms with Gasteiger partial charge in [-0.3, -0.25) is 9.36 Å². The van der Waals surface area contributed by atoms with Crippen molar-refractivity contribution in [1.29, 1.82) is 0 Å². The summed E-state index contributed by atoms with van der Waals surface area (Å²) in [4.78, 5) is 44.2. The average molecular weight is 802 g/mol. The first-order chi connectivity index (χ1) is 19.7. The van der Waals surface area contributed by atoms with Crippen LogP contribution in [0.4, 0.5) is 0 Å². The van der Waals surface area contributed by atoms with E-state index in [4.69, 9.17) is 18.9 Å². The third-order valence-corrected chi connectivity index (χ3v) is 8.39. The summed E-state index contributed by atoms with van der Waals surface area (Å²) in [5.41, 5.74) is 1.83. The largest absolute Gasteiger partial charge is 0.494 e. The number of benzene rings is 2. The first kappa shape index (κ1) is 31.2. The van der Waals surface area contributed by atoms with E-state index in [0.717, 1.165) is 12.7 Å². The summed E-state index contributed by atoms with van der Waals surface area (Å²) in [6, 6.07) is 10.4. The quantitative estimate of drug-likeness (QED) is 0.222. The van der Waals surface area contributed by atoms with E-state index in [2.05, 4.69) is 50.2 Å². The van der Waals surface area contributed by atoms with Crippen LogP contribution in [0, 0.1) is 7.14 Å². The summed E-state index contributed by atoms with van der Waals surface area (Å²) in [5.74, 6) is 0.148. The summed E-state index contributed by atoms with van der Waals surface area (Å²) in [6.45, 7) is 7.81. The summed E-state index contributed by atoms with van der Waals surface area (Å²) in [7, 11) is 0. The Labute approximate surface area is 268 Å². The van der Waals surface area contributed by atoms with Gasteiger partial charge in [-0.2, -0.15) is 0 Å². The van der Waals surface area contributed by atoms with Crippen LogP contribution < -0.4 is 24.4 Å². The molecule has 1 aliphatic rings. The number of carbonyl (C=O) groups excluding carboxylic acids is 2. The van der Waals surface area contributed by atoms with Crippen molar-refractivity contribution in [3.05, 3.63) is 85.6 Å². The van der Waals surface area contributed by atoms with Crippen molar-refractivity contribution >= 4 is 74.5 Å². The van der Waals surface area contributed by atoms with E-state index in [1.807, 2.05) is 43.3 Å². The molecule has 4 rings (SSSR count). The molecule has 0 bridgehead atoms. The highest BCUT2D eigenvalue weighted by Crippen LogP contribution is 2.32. The molecule has 9 nitrogen and oxygen atoms in total. The molecule has 0 N–H and O–H groups in total. The molecule has 2 aromatic carbocycles. The zero-order chi connectivity index (χ0) is 29.7. The number of hydrogen-bond acceptors (Lipinski definition) is 9. The Balaban J connectivity index is 1.88. The third kappa shape index (κ3) is 7.02. The zero-order valence-corrected chi connectivity index (χ0v) is 28.0. The number of fused-ring (bicyclic) bond motifs is 1. The second-order valence-electron chi connectivity index (χ2n) is 8.70. The molecule has 1 atom stereocenters. The van der Waals surface area contributed by atoms with E-state index in [-0.39, 0.29) is 25.4 Å². The molecule has 0 saturated heterocycles. The molecule has 0 aliphatic carbocycles. The number of allylic oxidation sites excluding steroid dienone is 1. The van der Waals surface area contributed by atoms with Crippen molar-refractivity contribution in [2.75, 3.05) is 26.4 Å². The lowest BCUT2D eigenvalue weighted by Gasteiger charge is -2.24. The van der Waals surface area contributed by atoms with Crippen molar-refractivity contribution in [2.24, 2.45) is 4.99 Å². The highest BCUT2D eigenvalue weighted by molar-refractivity contribution is 14.1. The van der Waals surface area contributed by atoms with E-state index < -0.39 is 18.0 Å². The molecule has 0 amide bonds. The first-order valence-electron chi connectivity index (χ1n) is 12.9. The SMILES string of the molecule is CCOC(=O)COc1c(I)cc(I)cc1/C=c1\sc2n(c1=O)[C@@H](c1ccc(OCC)cc1)C(C(=O)OCC)=C(C)N=2. The number of thiazole rings is 1. The van der Waals surface area contributed by atoms with Gasteiger partial charge in [-0.1, -0.05) is 23.5 Å². The number of rotatable bonds is 10. The molecule has 3 aromatic rings. The molecular formula is C29H28I2N2O7S. The lowest BCUT2D eigenvalue weighted by Crippen LogP contribution is -2.39. The van der Waals surface area contributed by atoms with Crippen molar-refractivity contribution in [1.82, 2.24) is 4.57 Å². The second kappa shape index (κ2) is 14.0. The number of esters is 2. The lowest BCUT2D eigenvalue weighted by molar-refractivity contribution is -0.145. The summed E-state index contributed by atoms with van der Waals surface area (Å²) in [6.07, 6.45) is 1.73. The molecule has 12 heteroatoms. The van der Waals surface area contributed by atoms with E-state index in [1.165, 1.54) is 15.9 Å². The Bertz CT molecular complexity index is 1680. The van der Waals surface area contributed by atoms with Crippen LogP contribution in [0.5, 0.6) is 11.5 Å². The molecule has 0 unspecified atom stereocenters. The van der Waals surface area contributed by atoms with E-state index in [1.54, 1.807) is 26.8 Å². The molecule has 1 aliphatic heterocycles. The Morgan fingerprint density at radius 1 is 1.02 bits per heavy atom. The molecule has 2 heterocycles. The Morgan fingerprint density at radius 2 is 1.73 bits per heavy atom. The van der Waals surface area contributed by atoms with E-state index in [0.29, 0.717) is 44.3 Å². The average Bonchev–Trinajstić information content (AvgIpc) is 3.22. The first-order valence-corrected chi connectivity index (χ1v) is 15.9. The number of aromatic nitrogens is 1. The van der Waals surface area contributed by atoms with E-state index >= 15 is 0 Å². The van der Waals surface area contributed by atoms with Crippen LogP contribution in [0.15, 0.2) is 57.5 Å². The van der Waals surface area contributed by atoms with Gasteiger partial charge in [-0.15, -0.1) is 0 Å². The molecule has 0 saturated carbocycles. The fourth-order valence-electron chi connectivity index (χ4n) is 4.33. The van der Waals surface area contributed by atoms with Crippen LogP contribution in [0.2, 0.25) is 0 Å². The maximum Gasteiger partial charge on any atom is 0.344 e. The topological polar surface area (TPSA) is 105 Å². The molecule has 0 radical (unpaired) electrons. The van der Waals surface area contributed by atoms with Crippen LogP contribution >= 0.6 is 56.5 Å². The molecule has 1 aromatic heterocycles. The van der Waals surface area contributed by atoms with Gasteiger partial charge in [-0.25, -0.2) is 14.6 Å². The van der Waals surface area contributed by atoms with Gasteiger partial charge in [0.15, 0.2) is 11.4 Å². The molecular weight excluding hydrogens is 774 g/mol. The number of hydrogen-bond donors (Lipinski definition) is 0. The molecule has 216 valence electrons. The Morgan fingerprint density at radius 3 is 2.39 bits per heavy atom. The minimum atomic E-state index is -0.737.